The second-order valence-corrected chi connectivity index (χ2v) is 13.1. The van der Waals surface area contributed by atoms with Crippen molar-refractivity contribution in [3.8, 4) is 11.5 Å². The molecule has 2 heterocycles. The van der Waals surface area contributed by atoms with Crippen LogP contribution in [0.15, 0.2) is 65.6 Å². The number of likely N-dealkylation sites (tertiary alicyclic amines) is 1. The molecule has 2 aromatic rings. The third-order valence-electron chi connectivity index (χ3n) is 8.55. The second kappa shape index (κ2) is 11.6. The summed E-state index contributed by atoms with van der Waals surface area (Å²) in [6.45, 7) is 3.19. The molecule has 2 fully saturated rings. The van der Waals surface area contributed by atoms with E-state index in [0.717, 1.165) is 18.4 Å². The second-order valence-electron chi connectivity index (χ2n) is 11.2. The molecule has 0 N–H and O–H groups in total. The zero-order valence-electron chi connectivity index (χ0n) is 23.2. The van der Waals surface area contributed by atoms with Gasteiger partial charge in [-0.3, -0.25) is 14.5 Å². The van der Waals surface area contributed by atoms with Crippen LogP contribution in [0.3, 0.4) is 0 Å². The molecule has 2 aliphatic carbocycles. The third kappa shape index (κ3) is 5.29. The summed E-state index contributed by atoms with van der Waals surface area (Å²) in [5.74, 6) is -0.201. The van der Waals surface area contributed by atoms with Crippen molar-refractivity contribution >= 4 is 21.8 Å². The van der Waals surface area contributed by atoms with Gasteiger partial charge >= 0.3 is 0 Å². The minimum atomic E-state index is -3.95. The molecule has 0 spiro atoms. The summed E-state index contributed by atoms with van der Waals surface area (Å²) >= 11 is 0. The number of allylic oxidation sites excluding steroid dienone is 2. The van der Waals surface area contributed by atoms with Crippen molar-refractivity contribution in [2.75, 3.05) is 32.8 Å². The molecule has 1 saturated heterocycles. The molecule has 9 nitrogen and oxygen atoms in total. The maximum Gasteiger partial charge on any atom is 0.250 e. The molecule has 0 radical (unpaired) electrons. The Morgan fingerprint density at radius 1 is 0.951 bits per heavy atom. The molecule has 4 aliphatic rings. The van der Waals surface area contributed by atoms with Gasteiger partial charge in [0.15, 0.2) is 4.90 Å². The van der Waals surface area contributed by atoms with Gasteiger partial charge in [-0.15, -0.1) is 0 Å². The van der Waals surface area contributed by atoms with Crippen LogP contribution in [-0.2, 0) is 31.0 Å². The van der Waals surface area contributed by atoms with Gasteiger partial charge < -0.3 is 14.2 Å². The predicted octanol–water partition coefficient (Wildman–Crippen LogP) is 3.64. The van der Waals surface area contributed by atoms with E-state index in [1.165, 1.54) is 9.21 Å². The summed E-state index contributed by atoms with van der Waals surface area (Å²) in [7, 11) is -3.95. The topological polar surface area (TPSA) is 102 Å². The lowest BCUT2D eigenvalue weighted by atomic mass is 9.85. The minimum absolute atomic E-state index is 0.00969. The maximum absolute atomic E-state index is 13.9. The molecule has 2 aromatic carbocycles. The highest BCUT2D eigenvalue weighted by Gasteiger charge is 2.59. The summed E-state index contributed by atoms with van der Waals surface area (Å²) in [5.41, 5.74) is 1.02. The number of amides is 2. The van der Waals surface area contributed by atoms with Crippen molar-refractivity contribution in [2.24, 2.45) is 23.7 Å². The standard InChI is InChI=1S/C31H36N2O7S/c1-2-3-14-32-18-24(20-38-19-21-8-5-4-6-9-21)40-26-11-7-10-25(29(26)41(32,36)37)39-16-15-33-30(34)27-22-12-13-23(17-22)28(27)31(33)35/h4-13,22-24,27-28H,2-3,14-20H2,1H3/t22-,23?,24?,27-,28+/m0/s1. The average Bonchev–Trinajstić information content (AvgIpc) is 3.63. The Morgan fingerprint density at radius 2 is 1.68 bits per heavy atom. The lowest BCUT2D eigenvalue weighted by Crippen LogP contribution is -2.39. The number of rotatable bonds is 11. The minimum Gasteiger partial charge on any atom is -0.490 e. The summed E-state index contributed by atoms with van der Waals surface area (Å²) < 4.78 is 47.4. The molecule has 2 aliphatic heterocycles. The molecule has 2 unspecified atom stereocenters. The number of carbonyl (C=O) groups excluding carboxylic acids is 2. The average molecular weight is 581 g/mol. The van der Waals surface area contributed by atoms with Gasteiger partial charge in [0.2, 0.25) is 11.8 Å². The number of sulfonamides is 1. The molecular formula is C31H36N2O7S. The van der Waals surface area contributed by atoms with Crippen LogP contribution in [0.4, 0.5) is 0 Å². The number of unbranched alkanes of at least 4 members (excludes halogenated alkanes) is 1. The zero-order valence-corrected chi connectivity index (χ0v) is 24.0. The van der Waals surface area contributed by atoms with E-state index in [-0.39, 0.29) is 78.2 Å². The maximum atomic E-state index is 13.9. The van der Waals surface area contributed by atoms with Gasteiger partial charge in [0.1, 0.15) is 24.2 Å². The Hall–Kier alpha value is -3.21. The largest absolute Gasteiger partial charge is 0.490 e. The fourth-order valence-electron chi connectivity index (χ4n) is 6.57. The number of ether oxygens (including phenoxy) is 3. The van der Waals surface area contributed by atoms with Gasteiger partial charge in [-0.05, 0) is 42.4 Å². The molecule has 41 heavy (non-hydrogen) atoms. The monoisotopic (exact) mass is 580 g/mol. The molecule has 5 atom stereocenters. The number of nitrogens with zero attached hydrogens (tertiary/aromatic N) is 2. The Morgan fingerprint density at radius 3 is 2.39 bits per heavy atom. The van der Waals surface area contributed by atoms with Gasteiger partial charge in [-0.1, -0.05) is 61.9 Å². The quantitative estimate of drug-likeness (QED) is 0.295. The fraction of sp³-hybridized carbons (Fsp3) is 0.484. The zero-order chi connectivity index (χ0) is 28.6. The van der Waals surface area contributed by atoms with Gasteiger partial charge in [0.25, 0.3) is 10.0 Å². The van der Waals surface area contributed by atoms with Crippen LogP contribution in [0, 0.1) is 23.7 Å². The number of hydrogen-bond donors (Lipinski definition) is 0. The fourth-order valence-corrected chi connectivity index (χ4v) is 8.32. The molecule has 2 amide bonds. The van der Waals surface area contributed by atoms with Gasteiger partial charge in [0, 0.05) is 6.54 Å². The van der Waals surface area contributed by atoms with Gasteiger partial charge in [-0.2, -0.15) is 4.31 Å². The van der Waals surface area contributed by atoms with E-state index in [0.29, 0.717) is 19.6 Å². The van der Waals surface area contributed by atoms with E-state index in [2.05, 4.69) is 12.2 Å². The first kappa shape index (κ1) is 27.9. The number of fused-ring (bicyclic) bond motifs is 6. The van der Waals surface area contributed by atoms with Gasteiger partial charge in [0.05, 0.1) is 38.1 Å². The van der Waals surface area contributed by atoms with E-state index in [9.17, 15) is 18.0 Å². The molecule has 2 bridgehead atoms. The van der Waals surface area contributed by atoms with E-state index in [1.807, 2.05) is 37.3 Å². The van der Waals surface area contributed by atoms with Crippen LogP contribution in [0.2, 0.25) is 0 Å². The number of carbonyl (C=O) groups is 2. The molecular weight excluding hydrogens is 544 g/mol. The van der Waals surface area contributed by atoms with Crippen molar-refractivity contribution in [1.82, 2.24) is 9.21 Å². The number of hydrogen-bond acceptors (Lipinski definition) is 7. The van der Waals surface area contributed by atoms with E-state index >= 15 is 0 Å². The highest BCUT2D eigenvalue weighted by atomic mass is 32.2. The van der Waals surface area contributed by atoms with Crippen molar-refractivity contribution in [3.05, 3.63) is 66.2 Å². The van der Waals surface area contributed by atoms with Gasteiger partial charge in [-0.25, -0.2) is 8.42 Å². The third-order valence-corrected chi connectivity index (χ3v) is 10.5. The van der Waals surface area contributed by atoms with Crippen LogP contribution in [0.1, 0.15) is 31.7 Å². The molecule has 0 aromatic heterocycles. The van der Waals surface area contributed by atoms with Crippen molar-refractivity contribution in [3.63, 3.8) is 0 Å². The van der Waals surface area contributed by atoms with E-state index < -0.39 is 16.1 Å². The number of benzene rings is 2. The SMILES string of the molecule is CCCCN1CC(COCc2ccccc2)Oc2cccc(OCCN3C(=O)[C@@H]4[C@H](C3=O)C3C=C[C@H]4C3)c2S1(=O)=O. The van der Waals surface area contributed by atoms with Crippen molar-refractivity contribution in [2.45, 2.75) is 43.8 Å². The van der Waals surface area contributed by atoms with E-state index in [4.69, 9.17) is 14.2 Å². The Bertz CT molecular complexity index is 1400. The summed E-state index contributed by atoms with van der Waals surface area (Å²) in [4.78, 5) is 27.4. The van der Waals surface area contributed by atoms with Crippen LogP contribution >= 0.6 is 0 Å². The first-order valence-corrected chi connectivity index (χ1v) is 15.9. The van der Waals surface area contributed by atoms with Crippen LogP contribution in [-0.4, -0.2) is 68.4 Å². The highest BCUT2D eigenvalue weighted by Crippen LogP contribution is 2.52. The van der Waals surface area contributed by atoms with Crippen molar-refractivity contribution < 1.29 is 32.2 Å². The van der Waals surface area contributed by atoms with Crippen LogP contribution in [0.5, 0.6) is 11.5 Å². The first-order valence-electron chi connectivity index (χ1n) is 14.5. The Balaban J connectivity index is 1.17. The molecule has 218 valence electrons. The normalized spacial score (nSPS) is 27.9. The predicted molar refractivity (Wildman–Crippen MR) is 151 cm³/mol. The van der Waals surface area contributed by atoms with E-state index in [1.54, 1.807) is 18.2 Å². The van der Waals surface area contributed by atoms with Crippen molar-refractivity contribution in [1.29, 1.82) is 0 Å². The smallest absolute Gasteiger partial charge is 0.250 e. The molecule has 1 saturated carbocycles. The molecule has 6 rings (SSSR count). The number of imide groups is 1. The van der Waals surface area contributed by atoms with Crippen LogP contribution < -0.4 is 9.47 Å². The summed E-state index contributed by atoms with van der Waals surface area (Å²) in [6, 6.07) is 14.7. The summed E-state index contributed by atoms with van der Waals surface area (Å²) in [6.07, 6.45) is 6.02. The Labute approximate surface area is 241 Å². The summed E-state index contributed by atoms with van der Waals surface area (Å²) in [5, 5.41) is 0. The van der Waals surface area contributed by atoms with Crippen LogP contribution in [0.25, 0.3) is 0 Å². The Kier molecular flexibility index (Phi) is 7.89. The first-order chi connectivity index (χ1) is 19.9. The molecule has 10 heteroatoms. The lowest BCUT2D eigenvalue weighted by Gasteiger charge is -2.23. The lowest BCUT2D eigenvalue weighted by molar-refractivity contribution is -0.141. The highest BCUT2D eigenvalue weighted by molar-refractivity contribution is 7.89.